The van der Waals surface area contributed by atoms with Gasteiger partial charge in [0, 0.05) is 26.0 Å². The van der Waals surface area contributed by atoms with Gasteiger partial charge in [-0.05, 0) is 24.6 Å². The van der Waals surface area contributed by atoms with Crippen molar-refractivity contribution >= 4 is 0 Å². The maximum atomic E-state index is 12.0. The van der Waals surface area contributed by atoms with Gasteiger partial charge in [-0.15, -0.1) is 0 Å². The molecule has 5 heteroatoms. The third kappa shape index (κ3) is 3.31. The number of aromatic nitrogens is 2. The number of nitrogens with zero attached hydrogens (tertiary/aromatic N) is 2. The molecule has 1 aromatic heterocycles. The Kier molecular flexibility index (Phi) is 4.75. The van der Waals surface area contributed by atoms with E-state index in [0.717, 1.165) is 12.1 Å². The first-order valence-electron chi connectivity index (χ1n) is 7.09. The molecule has 2 rings (SSSR count). The summed E-state index contributed by atoms with van der Waals surface area (Å²) in [6.07, 6.45) is 3.27. The van der Waals surface area contributed by atoms with Gasteiger partial charge in [0.2, 0.25) is 0 Å². The molecule has 0 aliphatic heterocycles. The number of nitrogens with one attached hydrogen (secondary N) is 1. The molecule has 1 aromatic carbocycles. The van der Waals surface area contributed by atoms with Crippen LogP contribution >= 0.6 is 0 Å². The van der Waals surface area contributed by atoms with E-state index in [-0.39, 0.29) is 6.04 Å². The summed E-state index contributed by atoms with van der Waals surface area (Å²) in [6, 6.07) is 8.08. The Morgan fingerprint density at radius 2 is 1.86 bits per heavy atom. The normalized spacial score (nSPS) is 12.3. The number of aryl methyl sites for hydroxylation is 2. The Morgan fingerprint density at radius 3 is 2.52 bits per heavy atom. The molecule has 0 amide bonds. The van der Waals surface area contributed by atoms with E-state index in [1.54, 1.807) is 19.4 Å². The first kappa shape index (κ1) is 15.3. The smallest absolute Gasteiger partial charge is 0.312 e. The molecule has 0 aliphatic rings. The fourth-order valence-electron chi connectivity index (χ4n) is 2.43. The van der Waals surface area contributed by atoms with Gasteiger partial charge in [-0.3, -0.25) is 9.59 Å². The van der Waals surface area contributed by atoms with E-state index >= 15 is 0 Å². The zero-order valence-corrected chi connectivity index (χ0v) is 12.7. The minimum Gasteiger partial charge on any atom is -0.312 e. The molecule has 112 valence electrons. The summed E-state index contributed by atoms with van der Waals surface area (Å²) < 4.78 is 2.77. The van der Waals surface area contributed by atoms with Gasteiger partial charge in [-0.2, -0.15) is 0 Å². The van der Waals surface area contributed by atoms with Crippen molar-refractivity contribution in [3.05, 3.63) is 68.5 Å². The lowest BCUT2D eigenvalue weighted by molar-refractivity contribution is 0.460. The van der Waals surface area contributed by atoms with Crippen LogP contribution in [0.25, 0.3) is 0 Å². The Morgan fingerprint density at radius 1 is 1.14 bits per heavy atom. The molecule has 0 saturated carbocycles. The number of hydrogen-bond acceptors (Lipinski definition) is 3. The van der Waals surface area contributed by atoms with E-state index in [1.807, 2.05) is 32.0 Å². The molecule has 1 N–H and O–H groups in total. The molecule has 1 atom stereocenters. The average Bonchev–Trinajstić information content (AvgIpc) is 2.48. The van der Waals surface area contributed by atoms with Gasteiger partial charge in [0.05, 0.1) is 6.04 Å². The number of hydrogen-bond donors (Lipinski definition) is 1. The van der Waals surface area contributed by atoms with Crippen LogP contribution in [0, 0.1) is 6.92 Å². The van der Waals surface area contributed by atoms with E-state index < -0.39 is 11.1 Å². The predicted octanol–water partition coefficient (Wildman–Crippen LogP) is 1.21. The first-order chi connectivity index (χ1) is 10.0. The molecular formula is C16H21N3O2. The zero-order valence-electron chi connectivity index (χ0n) is 12.7. The van der Waals surface area contributed by atoms with E-state index in [1.165, 1.54) is 14.7 Å². The van der Waals surface area contributed by atoms with Crippen LogP contribution in [-0.2, 0) is 13.6 Å². The van der Waals surface area contributed by atoms with Crippen LogP contribution in [-0.4, -0.2) is 15.7 Å². The second kappa shape index (κ2) is 6.54. The summed E-state index contributed by atoms with van der Waals surface area (Å²) in [7, 11) is 1.58. The van der Waals surface area contributed by atoms with Crippen LogP contribution in [0.5, 0.6) is 0 Å². The largest absolute Gasteiger partial charge is 0.316 e. The van der Waals surface area contributed by atoms with E-state index in [2.05, 4.69) is 11.4 Å². The maximum absolute atomic E-state index is 12.0. The van der Waals surface area contributed by atoms with Crippen molar-refractivity contribution in [2.24, 2.45) is 7.05 Å². The van der Waals surface area contributed by atoms with Crippen LogP contribution in [0.2, 0.25) is 0 Å². The molecule has 1 heterocycles. The zero-order chi connectivity index (χ0) is 15.4. The number of benzene rings is 1. The molecule has 0 radical (unpaired) electrons. The third-order valence-electron chi connectivity index (χ3n) is 3.63. The molecule has 0 aliphatic carbocycles. The van der Waals surface area contributed by atoms with Gasteiger partial charge >= 0.3 is 11.1 Å². The summed E-state index contributed by atoms with van der Waals surface area (Å²) in [5, 5.41) is 3.38. The van der Waals surface area contributed by atoms with Crippen LogP contribution in [0.4, 0.5) is 0 Å². The minimum atomic E-state index is -0.502. The standard InChI is InChI=1S/C16H21N3O2/c1-4-17-14(13-8-6-5-7-12(13)2)11-19-10-9-18(3)15(20)16(19)21/h5-10,14,17H,4,11H2,1-3H3. The van der Waals surface area contributed by atoms with Gasteiger partial charge in [0.1, 0.15) is 0 Å². The lowest BCUT2D eigenvalue weighted by Crippen LogP contribution is -2.41. The summed E-state index contributed by atoms with van der Waals surface area (Å²) in [5.41, 5.74) is 1.32. The summed E-state index contributed by atoms with van der Waals surface area (Å²) in [4.78, 5) is 23.8. The average molecular weight is 287 g/mol. The number of likely N-dealkylation sites (N-methyl/N-ethyl adjacent to an activating group) is 1. The Bertz CT molecular complexity index is 731. The molecule has 0 fully saturated rings. The Labute approximate surface area is 123 Å². The topological polar surface area (TPSA) is 56.0 Å². The van der Waals surface area contributed by atoms with Gasteiger partial charge in [-0.1, -0.05) is 31.2 Å². The second-order valence-corrected chi connectivity index (χ2v) is 5.14. The van der Waals surface area contributed by atoms with Gasteiger partial charge < -0.3 is 14.5 Å². The molecule has 0 saturated heterocycles. The second-order valence-electron chi connectivity index (χ2n) is 5.14. The van der Waals surface area contributed by atoms with E-state index in [4.69, 9.17) is 0 Å². The van der Waals surface area contributed by atoms with Crippen molar-refractivity contribution in [2.45, 2.75) is 26.4 Å². The highest BCUT2D eigenvalue weighted by Crippen LogP contribution is 2.18. The fourth-order valence-corrected chi connectivity index (χ4v) is 2.43. The SMILES string of the molecule is CCNC(Cn1ccn(C)c(=O)c1=O)c1ccccc1C. The third-order valence-corrected chi connectivity index (χ3v) is 3.63. The van der Waals surface area contributed by atoms with Crippen molar-refractivity contribution < 1.29 is 0 Å². The molecular weight excluding hydrogens is 266 g/mol. The van der Waals surface area contributed by atoms with E-state index in [0.29, 0.717) is 6.54 Å². The predicted molar refractivity (Wildman–Crippen MR) is 83.5 cm³/mol. The minimum absolute atomic E-state index is 0.000932. The molecule has 0 bridgehead atoms. The van der Waals surface area contributed by atoms with Crippen molar-refractivity contribution in [1.29, 1.82) is 0 Å². The lowest BCUT2D eigenvalue weighted by atomic mass is 10.0. The summed E-state index contributed by atoms with van der Waals surface area (Å²) >= 11 is 0. The molecule has 21 heavy (non-hydrogen) atoms. The molecule has 2 aromatic rings. The summed E-state index contributed by atoms with van der Waals surface area (Å²) in [6.45, 7) is 5.30. The van der Waals surface area contributed by atoms with Crippen LogP contribution < -0.4 is 16.4 Å². The lowest BCUT2D eigenvalue weighted by Gasteiger charge is -2.21. The van der Waals surface area contributed by atoms with Gasteiger partial charge in [-0.25, -0.2) is 0 Å². The first-order valence-corrected chi connectivity index (χ1v) is 7.09. The van der Waals surface area contributed by atoms with Crippen LogP contribution in [0.3, 0.4) is 0 Å². The highest BCUT2D eigenvalue weighted by molar-refractivity contribution is 5.28. The highest BCUT2D eigenvalue weighted by Gasteiger charge is 2.14. The monoisotopic (exact) mass is 287 g/mol. The van der Waals surface area contributed by atoms with Crippen molar-refractivity contribution in [3.8, 4) is 0 Å². The maximum Gasteiger partial charge on any atom is 0.316 e. The van der Waals surface area contributed by atoms with Crippen LogP contribution in [0.1, 0.15) is 24.1 Å². The van der Waals surface area contributed by atoms with E-state index in [9.17, 15) is 9.59 Å². The van der Waals surface area contributed by atoms with Crippen molar-refractivity contribution in [3.63, 3.8) is 0 Å². The van der Waals surface area contributed by atoms with Crippen LogP contribution in [0.15, 0.2) is 46.2 Å². The van der Waals surface area contributed by atoms with Crippen molar-refractivity contribution in [1.82, 2.24) is 14.5 Å². The van der Waals surface area contributed by atoms with Crippen molar-refractivity contribution in [2.75, 3.05) is 6.54 Å². The Balaban J connectivity index is 2.38. The molecule has 5 nitrogen and oxygen atoms in total. The fraction of sp³-hybridized carbons (Fsp3) is 0.375. The summed E-state index contributed by atoms with van der Waals surface area (Å²) in [5.74, 6) is 0. The molecule has 1 unspecified atom stereocenters. The number of rotatable bonds is 5. The van der Waals surface area contributed by atoms with Gasteiger partial charge in [0.25, 0.3) is 0 Å². The molecule has 0 spiro atoms. The highest BCUT2D eigenvalue weighted by atomic mass is 16.2. The van der Waals surface area contributed by atoms with Gasteiger partial charge in [0.15, 0.2) is 0 Å². The quantitative estimate of drug-likeness (QED) is 0.841. The Hall–Kier alpha value is -2.14.